The average Bonchev–Trinajstić information content (AvgIpc) is 2.52. The fourth-order valence-corrected chi connectivity index (χ4v) is 2.14. The Balaban J connectivity index is 2.43. The van der Waals surface area contributed by atoms with Gasteiger partial charge in [-0.2, -0.15) is 5.26 Å². The van der Waals surface area contributed by atoms with E-state index in [1.54, 1.807) is 6.07 Å². The quantitative estimate of drug-likeness (QED) is 0.421. The maximum Gasteiger partial charge on any atom is 0.310 e. The number of amides is 2. The van der Waals surface area contributed by atoms with Crippen molar-refractivity contribution in [1.29, 1.82) is 5.26 Å². The van der Waals surface area contributed by atoms with Crippen molar-refractivity contribution >= 4 is 11.8 Å². The predicted octanol–water partition coefficient (Wildman–Crippen LogP) is 0.711. The summed E-state index contributed by atoms with van der Waals surface area (Å²) in [4.78, 5) is 22.8. The highest BCUT2D eigenvalue weighted by molar-refractivity contribution is 6.35. The smallest absolute Gasteiger partial charge is 0.310 e. The molecule has 0 aliphatic heterocycles. The van der Waals surface area contributed by atoms with E-state index in [2.05, 4.69) is 17.6 Å². The lowest BCUT2D eigenvalue weighted by Gasteiger charge is -2.22. The van der Waals surface area contributed by atoms with E-state index in [1.807, 2.05) is 0 Å². The molecule has 2 unspecified atom stereocenters. The molecule has 5 nitrogen and oxygen atoms in total. The highest BCUT2D eigenvalue weighted by Crippen LogP contribution is 2.22. The van der Waals surface area contributed by atoms with Crippen molar-refractivity contribution in [3.8, 4) is 6.07 Å². The second-order valence-corrected chi connectivity index (χ2v) is 4.54. The third-order valence-corrected chi connectivity index (χ3v) is 3.21. The molecule has 1 saturated carbocycles. The lowest BCUT2D eigenvalue weighted by atomic mass is 9.97. The van der Waals surface area contributed by atoms with Gasteiger partial charge in [0.1, 0.15) is 6.54 Å². The first kappa shape index (κ1) is 13.5. The van der Waals surface area contributed by atoms with Gasteiger partial charge in [0.15, 0.2) is 0 Å². The number of carbonyl (C=O) groups excluding carboxylic acids is 2. The molecule has 0 saturated heterocycles. The van der Waals surface area contributed by atoms with Gasteiger partial charge in [-0.25, -0.2) is 0 Å². The molecule has 0 spiro atoms. The van der Waals surface area contributed by atoms with Gasteiger partial charge in [-0.05, 0) is 18.8 Å². The van der Waals surface area contributed by atoms with Crippen LogP contribution in [0.5, 0.6) is 0 Å². The summed E-state index contributed by atoms with van der Waals surface area (Å²) in [5.41, 5.74) is 0. The van der Waals surface area contributed by atoms with E-state index in [0.717, 1.165) is 19.3 Å². The van der Waals surface area contributed by atoms with Crippen molar-refractivity contribution in [3.05, 3.63) is 0 Å². The van der Waals surface area contributed by atoms with Crippen molar-refractivity contribution in [3.63, 3.8) is 0 Å². The number of carbonyl (C=O) groups is 2. The van der Waals surface area contributed by atoms with Crippen LogP contribution in [0.1, 0.15) is 39.0 Å². The van der Waals surface area contributed by atoms with Gasteiger partial charge < -0.3 is 10.6 Å². The summed E-state index contributed by atoms with van der Waals surface area (Å²) in [7, 11) is 0. The van der Waals surface area contributed by atoms with E-state index in [1.165, 1.54) is 12.8 Å². The second kappa shape index (κ2) is 6.89. The van der Waals surface area contributed by atoms with Gasteiger partial charge in [0.25, 0.3) is 0 Å². The fourth-order valence-electron chi connectivity index (χ4n) is 2.14. The molecule has 17 heavy (non-hydrogen) atoms. The van der Waals surface area contributed by atoms with Crippen molar-refractivity contribution in [2.24, 2.45) is 5.92 Å². The lowest BCUT2D eigenvalue weighted by molar-refractivity contribution is -0.139. The van der Waals surface area contributed by atoms with Gasteiger partial charge in [-0.3, -0.25) is 9.59 Å². The molecule has 0 aromatic carbocycles. The Morgan fingerprint density at radius 1 is 1.24 bits per heavy atom. The van der Waals surface area contributed by atoms with Crippen molar-refractivity contribution < 1.29 is 9.59 Å². The number of nitriles is 1. The van der Waals surface area contributed by atoms with Crippen LogP contribution in [0.2, 0.25) is 0 Å². The average molecular weight is 237 g/mol. The zero-order valence-corrected chi connectivity index (χ0v) is 10.2. The summed E-state index contributed by atoms with van der Waals surface area (Å²) in [6.45, 7) is 1.97. The largest absolute Gasteiger partial charge is 0.345 e. The molecule has 2 N–H and O–H groups in total. The predicted molar refractivity (Wildman–Crippen MR) is 62.8 cm³/mol. The Morgan fingerprint density at radius 3 is 2.65 bits per heavy atom. The summed E-state index contributed by atoms with van der Waals surface area (Å²) in [5.74, 6) is -0.938. The number of nitrogens with one attached hydrogen (secondary N) is 2. The van der Waals surface area contributed by atoms with E-state index in [4.69, 9.17) is 5.26 Å². The topological polar surface area (TPSA) is 82.0 Å². The number of hydrogen-bond donors (Lipinski definition) is 2. The molecule has 1 aliphatic rings. The molecule has 0 heterocycles. The van der Waals surface area contributed by atoms with Crippen LogP contribution in [0, 0.1) is 17.2 Å². The van der Waals surface area contributed by atoms with Crippen LogP contribution in [0.15, 0.2) is 0 Å². The first-order valence-electron chi connectivity index (χ1n) is 6.10. The van der Waals surface area contributed by atoms with Gasteiger partial charge in [-0.15, -0.1) is 0 Å². The molecular formula is C12H19N3O2. The number of rotatable bonds is 2. The highest BCUT2D eigenvalue weighted by atomic mass is 16.2. The van der Waals surface area contributed by atoms with Crippen LogP contribution in [-0.4, -0.2) is 24.4 Å². The SMILES string of the molecule is CC1CCCCCC1NC(=O)C(=O)NCC#N. The van der Waals surface area contributed by atoms with E-state index >= 15 is 0 Å². The first-order valence-corrected chi connectivity index (χ1v) is 6.10. The molecule has 0 aromatic rings. The molecule has 1 rings (SSSR count). The van der Waals surface area contributed by atoms with Crippen LogP contribution in [-0.2, 0) is 9.59 Å². The fraction of sp³-hybridized carbons (Fsp3) is 0.750. The van der Waals surface area contributed by atoms with E-state index in [0.29, 0.717) is 5.92 Å². The minimum absolute atomic E-state index is 0.0813. The third-order valence-electron chi connectivity index (χ3n) is 3.21. The minimum Gasteiger partial charge on any atom is -0.345 e. The van der Waals surface area contributed by atoms with Gasteiger partial charge >= 0.3 is 11.8 Å². The van der Waals surface area contributed by atoms with Crippen molar-refractivity contribution in [2.45, 2.75) is 45.1 Å². The highest BCUT2D eigenvalue weighted by Gasteiger charge is 2.24. The van der Waals surface area contributed by atoms with Crippen molar-refractivity contribution in [2.75, 3.05) is 6.54 Å². The third kappa shape index (κ3) is 4.43. The summed E-state index contributed by atoms with van der Waals surface area (Å²) >= 11 is 0. The second-order valence-electron chi connectivity index (χ2n) is 4.54. The zero-order valence-electron chi connectivity index (χ0n) is 10.2. The van der Waals surface area contributed by atoms with Crippen LogP contribution < -0.4 is 10.6 Å². The van der Waals surface area contributed by atoms with Crippen LogP contribution in [0.3, 0.4) is 0 Å². The Morgan fingerprint density at radius 2 is 1.94 bits per heavy atom. The molecule has 94 valence electrons. The Labute approximate surface area is 102 Å². The Kier molecular flexibility index (Phi) is 5.47. The Hall–Kier alpha value is -1.57. The Bertz CT molecular complexity index is 322. The van der Waals surface area contributed by atoms with E-state index < -0.39 is 11.8 Å². The standard InChI is InChI=1S/C12H19N3O2/c1-9-5-3-2-4-6-10(9)15-12(17)11(16)14-8-7-13/h9-10H,2-6,8H2,1H3,(H,14,16)(H,15,17). The molecule has 0 bridgehead atoms. The number of hydrogen-bond acceptors (Lipinski definition) is 3. The molecule has 0 radical (unpaired) electrons. The van der Waals surface area contributed by atoms with Crippen LogP contribution in [0.4, 0.5) is 0 Å². The normalized spacial score (nSPS) is 24.2. The maximum atomic E-state index is 11.5. The molecular weight excluding hydrogens is 218 g/mol. The summed E-state index contributed by atoms with van der Waals surface area (Å²) < 4.78 is 0. The minimum atomic E-state index is -0.719. The molecule has 2 atom stereocenters. The summed E-state index contributed by atoms with van der Waals surface area (Å²) in [6.07, 6.45) is 5.49. The molecule has 1 aliphatic carbocycles. The monoisotopic (exact) mass is 237 g/mol. The molecule has 1 fully saturated rings. The molecule has 2 amide bonds. The first-order chi connectivity index (χ1) is 8.15. The van der Waals surface area contributed by atoms with Crippen LogP contribution in [0.25, 0.3) is 0 Å². The van der Waals surface area contributed by atoms with E-state index in [-0.39, 0.29) is 12.6 Å². The number of nitrogens with zero attached hydrogens (tertiary/aromatic N) is 1. The van der Waals surface area contributed by atoms with E-state index in [9.17, 15) is 9.59 Å². The van der Waals surface area contributed by atoms with Crippen molar-refractivity contribution in [1.82, 2.24) is 10.6 Å². The summed E-state index contributed by atoms with van der Waals surface area (Å²) in [5, 5.41) is 13.3. The summed E-state index contributed by atoms with van der Waals surface area (Å²) in [6, 6.07) is 1.85. The van der Waals surface area contributed by atoms with Gasteiger partial charge in [0.05, 0.1) is 6.07 Å². The van der Waals surface area contributed by atoms with Gasteiger partial charge in [0.2, 0.25) is 0 Å². The van der Waals surface area contributed by atoms with Gasteiger partial charge in [-0.1, -0.05) is 26.2 Å². The zero-order chi connectivity index (χ0) is 12.7. The molecule has 0 aromatic heterocycles. The maximum absolute atomic E-state index is 11.5. The molecule has 5 heteroatoms. The van der Waals surface area contributed by atoms with Gasteiger partial charge in [0, 0.05) is 6.04 Å². The lowest BCUT2D eigenvalue weighted by Crippen LogP contribution is -2.46. The van der Waals surface area contributed by atoms with Crippen LogP contribution >= 0.6 is 0 Å².